The molecule has 0 aliphatic carbocycles. The molecule has 0 saturated carbocycles. The average molecular weight is 385 g/mol. The van der Waals surface area contributed by atoms with Crippen molar-refractivity contribution in [3.8, 4) is 0 Å². The summed E-state index contributed by atoms with van der Waals surface area (Å²) in [5.74, 6) is -2.71. The number of hydrogen-bond donors (Lipinski definition) is 3. The Labute approximate surface area is 162 Å². The summed E-state index contributed by atoms with van der Waals surface area (Å²) in [4.78, 5) is 52.5. The summed E-state index contributed by atoms with van der Waals surface area (Å²) in [5.41, 5.74) is 5.53. The number of primary amides is 1. The largest absolute Gasteiger partial charge is 0.370 e. The van der Waals surface area contributed by atoms with Crippen LogP contribution in [0.4, 0.5) is 5.69 Å². The van der Waals surface area contributed by atoms with Crippen molar-refractivity contribution in [2.75, 3.05) is 5.32 Å². The van der Waals surface area contributed by atoms with Crippen LogP contribution in [0.1, 0.15) is 38.7 Å². The lowest BCUT2D eigenvalue weighted by Crippen LogP contribution is -2.99. The van der Waals surface area contributed by atoms with Crippen LogP contribution in [0.2, 0.25) is 0 Å². The van der Waals surface area contributed by atoms with Gasteiger partial charge in [-0.1, -0.05) is 25.1 Å². The van der Waals surface area contributed by atoms with Crippen molar-refractivity contribution < 1.29 is 24.5 Å². The molecule has 4 rings (SSSR count). The Morgan fingerprint density at radius 1 is 1.29 bits per heavy atom. The van der Waals surface area contributed by atoms with Crippen molar-refractivity contribution in [3.63, 3.8) is 0 Å². The number of carbonyl (C=O) groups excluding carboxylic acids is 4. The van der Waals surface area contributed by atoms with Crippen LogP contribution in [0, 0.1) is 11.8 Å². The first-order chi connectivity index (χ1) is 13.3. The Morgan fingerprint density at radius 3 is 2.68 bits per heavy atom. The number of likely N-dealkylation sites (tertiary alicyclic amines) is 1. The van der Waals surface area contributed by atoms with Crippen LogP contribution in [-0.2, 0) is 24.7 Å². The van der Waals surface area contributed by atoms with Gasteiger partial charge in [0.25, 0.3) is 5.91 Å². The van der Waals surface area contributed by atoms with E-state index in [1.165, 1.54) is 4.90 Å². The molecule has 28 heavy (non-hydrogen) atoms. The summed E-state index contributed by atoms with van der Waals surface area (Å²) in [5, 5.41) is 4.71. The van der Waals surface area contributed by atoms with Crippen molar-refractivity contribution in [2.24, 2.45) is 17.6 Å². The number of carbonyl (C=O) groups is 4. The molecule has 148 valence electrons. The Bertz CT molecular complexity index is 885. The minimum atomic E-state index is -1.18. The van der Waals surface area contributed by atoms with Crippen LogP contribution in [0.15, 0.2) is 24.3 Å². The standard InChI is InChI=1S/C20H24N4O4/c1-3-10(2)24-17(26)15-13(8-9-14(21)25)23-20(16(15)18(24)27)11-6-4-5-7-12(11)22-19(20)28/h4-7,10,13,15-16,23H,3,8-9H2,1-2H3,(H2,21,25)(H,22,28)/p+1/t10-,13+,15-,16+,20-/m1/s1. The van der Waals surface area contributed by atoms with Crippen molar-refractivity contribution in [3.05, 3.63) is 29.8 Å². The Hall–Kier alpha value is -2.74. The van der Waals surface area contributed by atoms with Gasteiger partial charge in [0, 0.05) is 24.4 Å². The normalized spacial score (nSPS) is 31.9. The van der Waals surface area contributed by atoms with Crippen LogP contribution >= 0.6 is 0 Å². The number of nitrogens with one attached hydrogen (secondary N) is 1. The molecule has 8 nitrogen and oxygen atoms in total. The molecule has 3 aliphatic rings. The van der Waals surface area contributed by atoms with E-state index in [4.69, 9.17) is 5.73 Å². The summed E-state index contributed by atoms with van der Waals surface area (Å²) >= 11 is 0. The van der Waals surface area contributed by atoms with Crippen LogP contribution in [0.5, 0.6) is 0 Å². The molecule has 8 heteroatoms. The fraction of sp³-hybridized carbons (Fsp3) is 0.500. The van der Waals surface area contributed by atoms with Gasteiger partial charge in [-0.3, -0.25) is 24.1 Å². The van der Waals surface area contributed by atoms with Gasteiger partial charge in [-0.05, 0) is 19.4 Å². The van der Waals surface area contributed by atoms with E-state index in [0.29, 0.717) is 18.5 Å². The van der Waals surface area contributed by atoms with Gasteiger partial charge in [0.15, 0.2) is 0 Å². The summed E-state index contributed by atoms with van der Waals surface area (Å²) < 4.78 is 0. The van der Waals surface area contributed by atoms with E-state index in [1.807, 2.05) is 37.4 Å². The van der Waals surface area contributed by atoms with Crippen molar-refractivity contribution >= 4 is 29.3 Å². The molecular weight excluding hydrogens is 360 g/mol. The minimum absolute atomic E-state index is 0.106. The van der Waals surface area contributed by atoms with Crippen LogP contribution in [-0.4, -0.2) is 40.6 Å². The lowest BCUT2D eigenvalue weighted by atomic mass is 9.76. The fourth-order valence-electron chi connectivity index (χ4n) is 5.13. The predicted molar refractivity (Wildman–Crippen MR) is 99.5 cm³/mol. The van der Waals surface area contributed by atoms with Gasteiger partial charge in [-0.2, -0.15) is 0 Å². The van der Waals surface area contributed by atoms with E-state index in [1.54, 1.807) is 6.07 Å². The molecule has 1 spiro atoms. The number of nitrogens with zero attached hydrogens (tertiary/aromatic N) is 1. The first-order valence-corrected chi connectivity index (χ1v) is 9.75. The highest BCUT2D eigenvalue weighted by Crippen LogP contribution is 2.49. The molecule has 1 aromatic carbocycles. The highest BCUT2D eigenvalue weighted by molar-refractivity contribution is 6.14. The van der Waals surface area contributed by atoms with E-state index < -0.39 is 23.3 Å². The summed E-state index contributed by atoms with van der Waals surface area (Å²) in [6.45, 7) is 3.76. The van der Waals surface area contributed by atoms with E-state index in [-0.39, 0.29) is 36.2 Å². The van der Waals surface area contributed by atoms with Gasteiger partial charge >= 0.3 is 0 Å². The third kappa shape index (κ3) is 2.33. The quantitative estimate of drug-likeness (QED) is 0.588. The zero-order valence-corrected chi connectivity index (χ0v) is 16.0. The minimum Gasteiger partial charge on any atom is -0.370 e. The fourth-order valence-corrected chi connectivity index (χ4v) is 5.13. The van der Waals surface area contributed by atoms with Crippen molar-refractivity contribution in [2.45, 2.75) is 50.7 Å². The Balaban J connectivity index is 1.83. The summed E-state index contributed by atoms with van der Waals surface area (Å²) in [7, 11) is 0. The van der Waals surface area contributed by atoms with Gasteiger partial charge in [-0.25, -0.2) is 0 Å². The number of para-hydroxylation sites is 1. The number of amides is 4. The SMILES string of the molecule is CC[C@@H](C)N1C(=O)[C@@H]2[C@H](CCC(N)=O)[NH2+][C@@]3(C(=O)Nc4ccccc43)[C@@H]2C1=O. The predicted octanol–water partition coefficient (Wildman–Crippen LogP) is -0.555. The highest BCUT2D eigenvalue weighted by atomic mass is 16.2. The van der Waals surface area contributed by atoms with Crippen molar-refractivity contribution in [1.29, 1.82) is 0 Å². The number of quaternary nitrogens is 1. The molecule has 2 saturated heterocycles. The molecule has 5 atom stereocenters. The number of rotatable bonds is 5. The monoisotopic (exact) mass is 385 g/mol. The first-order valence-electron chi connectivity index (χ1n) is 9.75. The third-order valence-corrected chi connectivity index (χ3v) is 6.57. The van der Waals surface area contributed by atoms with E-state index in [0.717, 1.165) is 5.56 Å². The number of hydrogen-bond acceptors (Lipinski definition) is 4. The molecular formula is C20H25N4O4+. The van der Waals surface area contributed by atoms with Gasteiger partial charge < -0.3 is 16.4 Å². The summed E-state index contributed by atoms with van der Waals surface area (Å²) in [6.07, 6.45) is 1.10. The second-order valence-corrected chi connectivity index (χ2v) is 8.01. The second-order valence-electron chi connectivity index (χ2n) is 8.01. The maximum atomic E-state index is 13.4. The Kier molecular flexibility index (Phi) is 4.26. The van der Waals surface area contributed by atoms with Crippen molar-refractivity contribution in [1.82, 2.24) is 4.90 Å². The molecule has 0 aromatic heterocycles. The van der Waals surface area contributed by atoms with Gasteiger partial charge in [0.05, 0.1) is 5.69 Å². The molecule has 5 N–H and O–H groups in total. The molecule has 3 aliphatic heterocycles. The van der Waals surface area contributed by atoms with Gasteiger partial charge in [0.1, 0.15) is 17.9 Å². The number of benzene rings is 1. The number of nitrogens with two attached hydrogens (primary N) is 2. The van der Waals surface area contributed by atoms with Crippen LogP contribution in [0.25, 0.3) is 0 Å². The molecule has 1 aromatic rings. The molecule has 0 radical (unpaired) electrons. The molecule has 4 amide bonds. The number of imide groups is 1. The van der Waals surface area contributed by atoms with E-state index in [9.17, 15) is 19.2 Å². The van der Waals surface area contributed by atoms with Crippen LogP contribution in [0.3, 0.4) is 0 Å². The highest BCUT2D eigenvalue weighted by Gasteiger charge is 2.74. The third-order valence-electron chi connectivity index (χ3n) is 6.57. The zero-order valence-electron chi connectivity index (χ0n) is 16.0. The summed E-state index contributed by atoms with van der Waals surface area (Å²) in [6, 6.07) is 6.69. The zero-order chi connectivity index (χ0) is 20.2. The lowest BCUT2D eigenvalue weighted by Gasteiger charge is -2.28. The van der Waals surface area contributed by atoms with Crippen LogP contribution < -0.4 is 16.4 Å². The average Bonchev–Trinajstić information content (AvgIpc) is 3.24. The topological polar surface area (TPSA) is 126 Å². The van der Waals surface area contributed by atoms with Gasteiger partial charge in [-0.15, -0.1) is 0 Å². The first kappa shape index (κ1) is 18.6. The second kappa shape index (κ2) is 6.41. The smallest absolute Gasteiger partial charge is 0.291 e. The Morgan fingerprint density at radius 2 is 2.00 bits per heavy atom. The van der Waals surface area contributed by atoms with E-state index in [2.05, 4.69) is 5.32 Å². The molecule has 0 unspecified atom stereocenters. The molecule has 0 bridgehead atoms. The molecule has 3 heterocycles. The van der Waals surface area contributed by atoms with Gasteiger partial charge in [0.2, 0.25) is 23.3 Å². The molecule has 2 fully saturated rings. The lowest BCUT2D eigenvalue weighted by molar-refractivity contribution is -0.734. The number of fused-ring (bicyclic) bond motifs is 4. The maximum Gasteiger partial charge on any atom is 0.291 e. The van der Waals surface area contributed by atoms with E-state index >= 15 is 0 Å². The number of anilines is 1. The maximum absolute atomic E-state index is 13.4.